The first-order chi connectivity index (χ1) is 7.24. The number of benzene rings is 1. The van der Waals surface area contributed by atoms with Crippen LogP contribution in [0.1, 0.15) is 16.8 Å². The molecule has 1 aromatic rings. The first kappa shape index (κ1) is 11.1. The minimum absolute atomic E-state index is 0.163. The molecule has 1 rings (SSSR count). The molecule has 0 atom stereocenters. The molecule has 0 heterocycles. The lowest BCUT2D eigenvalue weighted by atomic mass is 10.1. The van der Waals surface area contributed by atoms with Gasteiger partial charge in [-0.2, -0.15) is 5.26 Å². The number of carbonyl (C=O) groups excluding carboxylic acids is 1. The molecule has 0 N–H and O–H groups in total. The van der Waals surface area contributed by atoms with E-state index in [1.807, 2.05) is 6.07 Å². The second-order valence-corrected chi connectivity index (χ2v) is 2.80. The van der Waals surface area contributed by atoms with Gasteiger partial charge in [-0.15, -0.1) is 0 Å². The van der Waals surface area contributed by atoms with Crippen molar-refractivity contribution in [2.75, 3.05) is 14.2 Å². The molecule has 0 radical (unpaired) electrons. The van der Waals surface area contributed by atoms with Crippen molar-refractivity contribution >= 4 is 5.78 Å². The number of hydrogen-bond donors (Lipinski definition) is 0. The topological polar surface area (TPSA) is 59.3 Å². The Balaban J connectivity index is 3.18. The Kier molecular flexibility index (Phi) is 3.69. The van der Waals surface area contributed by atoms with E-state index in [9.17, 15) is 4.79 Å². The van der Waals surface area contributed by atoms with Crippen molar-refractivity contribution in [3.8, 4) is 17.6 Å². The lowest BCUT2D eigenvalue weighted by Crippen LogP contribution is -2.02. The van der Waals surface area contributed by atoms with E-state index in [4.69, 9.17) is 14.7 Å². The van der Waals surface area contributed by atoms with Crippen LogP contribution in [0.2, 0.25) is 0 Å². The molecule has 0 unspecified atom stereocenters. The molecular formula is C11H11NO3. The molecule has 0 aliphatic rings. The van der Waals surface area contributed by atoms with Crippen LogP contribution in [0, 0.1) is 11.3 Å². The average molecular weight is 205 g/mol. The fourth-order valence-corrected chi connectivity index (χ4v) is 1.27. The number of ketones is 1. The van der Waals surface area contributed by atoms with Gasteiger partial charge in [0.25, 0.3) is 0 Å². The number of carbonyl (C=O) groups is 1. The summed E-state index contributed by atoms with van der Waals surface area (Å²) >= 11 is 0. The summed E-state index contributed by atoms with van der Waals surface area (Å²) in [5.41, 5.74) is 0.374. The molecule has 0 saturated carbocycles. The zero-order valence-corrected chi connectivity index (χ0v) is 8.61. The molecule has 15 heavy (non-hydrogen) atoms. The standard InChI is InChI=1S/C11H11NO3/c1-14-10-5-3-4-8(11(10)15-2)9(13)6-7-12/h3-5H,6H2,1-2H3. The van der Waals surface area contributed by atoms with Crippen molar-refractivity contribution in [2.45, 2.75) is 6.42 Å². The van der Waals surface area contributed by atoms with Crippen LogP contribution in [0.25, 0.3) is 0 Å². The normalized spacial score (nSPS) is 9.13. The van der Waals surface area contributed by atoms with Gasteiger partial charge in [0, 0.05) is 0 Å². The van der Waals surface area contributed by atoms with Crippen LogP contribution < -0.4 is 9.47 Å². The molecule has 78 valence electrons. The maximum absolute atomic E-state index is 11.5. The first-order valence-electron chi connectivity index (χ1n) is 4.35. The zero-order valence-electron chi connectivity index (χ0n) is 8.61. The summed E-state index contributed by atoms with van der Waals surface area (Å²) < 4.78 is 10.1. The molecule has 0 amide bonds. The van der Waals surface area contributed by atoms with Gasteiger partial charge in [-0.05, 0) is 12.1 Å². The molecule has 0 spiro atoms. The molecule has 4 heteroatoms. The Hall–Kier alpha value is -2.02. The van der Waals surface area contributed by atoms with Crippen LogP contribution >= 0.6 is 0 Å². The van der Waals surface area contributed by atoms with E-state index in [0.717, 1.165) is 0 Å². The number of methoxy groups -OCH3 is 2. The van der Waals surface area contributed by atoms with E-state index < -0.39 is 0 Å². The minimum atomic E-state index is -0.270. The van der Waals surface area contributed by atoms with Crippen molar-refractivity contribution in [2.24, 2.45) is 0 Å². The second kappa shape index (κ2) is 5.01. The van der Waals surface area contributed by atoms with E-state index in [0.29, 0.717) is 17.1 Å². The quantitative estimate of drug-likeness (QED) is 0.703. The van der Waals surface area contributed by atoms with Gasteiger partial charge in [-0.25, -0.2) is 0 Å². The average Bonchev–Trinajstić information content (AvgIpc) is 2.28. The number of Topliss-reactive ketones (excluding diaryl/α,β-unsaturated/α-hetero) is 1. The van der Waals surface area contributed by atoms with Gasteiger partial charge in [-0.1, -0.05) is 6.07 Å². The Morgan fingerprint density at radius 2 is 2.13 bits per heavy atom. The van der Waals surface area contributed by atoms with Crippen LogP contribution in [0.15, 0.2) is 18.2 Å². The summed E-state index contributed by atoms with van der Waals surface area (Å²) in [6, 6.07) is 6.80. The van der Waals surface area contributed by atoms with Crippen LogP contribution in [0.5, 0.6) is 11.5 Å². The number of nitrogens with zero attached hydrogens (tertiary/aromatic N) is 1. The number of hydrogen-bond acceptors (Lipinski definition) is 4. The summed E-state index contributed by atoms with van der Waals surface area (Å²) in [5, 5.41) is 8.45. The van der Waals surface area contributed by atoms with E-state index in [1.54, 1.807) is 18.2 Å². The molecule has 1 aromatic carbocycles. The highest BCUT2D eigenvalue weighted by Gasteiger charge is 2.15. The van der Waals surface area contributed by atoms with Crippen molar-refractivity contribution in [3.63, 3.8) is 0 Å². The van der Waals surface area contributed by atoms with Crippen molar-refractivity contribution in [3.05, 3.63) is 23.8 Å². The highest BCUT2D eigenvalue weighted by Crippen LogP contribution is 2.31. The third kappa shape index (κ3) is 2.26. The Morgan fingerprint density at radius 3 is 2.67 bits per heavy atom. The van der Waals surface area contributed by atoms with Gasteiger partial charge in [-0.3, -0.25) is 4.79 Å². The molecule has 0 bridgehead atoms. The maximum Gasteiger partial charge on any atom is 0.180 e. The van der Waals surface area contributed by atoms with Gasteiger partial charge < -0.3 is 9.47 Å². The van der Waals surface area contributed by atoms with Crippen LogP contribution in [-0.2, 0) is 0 Å². The first-order valence-corrected chi connectivity index (χ1v) is 4.35. The summed E-state index contributed by atoms with van der Waals surface area (Å²) in [6.07, 6.45) is -0.163. The van der Waals surface area contributed by atoms with Crippen LogP contribution in [0.3, 0.4) is 0 Å². The molecule has 0 aliphatic carbocycles. The molecular weight excluding hydrogens is 194 g/mol. The van der Waals surface area contributed by atoms with E-state index >= 15 is 0 Å². The number of rotatable bonds is 4. The largest absolute Gasteiger partial charge is 0.493 e. The smallest absolute Gasteiger partial charge is 0.180 e. The summed E-state index contributed by atoms with van der Waals surface area (Å²) in [4.78, 5) is 11.5. The number of nitriles is 1. The van der Waals surface area contributed by atoms with Crippen molar-refractivity contribution in [1.82, 2.24) is 0 Å². The number of ether oxygens (including phenoxy) is 2. The molecule has 0 aromatic heterocycles. The number of para-hydroxylation sites is 1. The monoisotopic (exact) mass is 205 g/mol. The second-order valence-electron chi connectivity index (χ2n) is 2.80. The summed E-state index contributed by atoms with van der Waals surface area (Å²) in [5.74, 6) is 0.592. The predicted octanol–water partition coefficient (Wildman–Crippen LogP) is 1.80. The van der Waals surface area contributed by atoms with Gasteiger partial charge in [0.15, 0.2) is 17.3 Å². The third-order valence-electron chi connectivity index (χ3n) is 1.94. The van der Waals surface area contributed by atoms with Gasteiger partial charge in [0.2, 0.25) is 0 Å². The summed E-state index contributed by atoms with van der Waals surface area (Å²) in [6.45, 7) is 0. The molecule has 0 fully saturated rings. The van der Waals surface area contributed by atoms with Crippen molar-refractivity contribution < 1.29 is 14.3 Å². The molecule has 0 aliphatic heterocycles. The SMILES string of the molecule is COc1cccc(C(=O)CC#N)c1OC. The highest BCUT2D eigenvalue weighted by molar-refractivity contribution is 6.00. The molecule has 4 nitrogen and oxygen atoms in total. The Bertz CT molecular complexity index is 407. The van der Waals surface area contributed by atoms with Gasteiger partial charge >= 0.3 is 0 Å². The van der Waals surface area contributed by atoms with Crippen LogP contribution in [-0.4, -0.2) is 20.0 Å². The zero-order chi connectivity index (χ0) is 11.3. The van der Waals surface area contributed by atoms with Crippen molar-refractivity contribution in [1.29, 1.82) is 5.26 Å². The minimum Gasteiger partial charge on any atom is -0.493 e. The fraction of sp³-hybridized carbons (Fsp3) is 0.273. The van der Waals surface area contributed by atoms with E-state index in [2.05, 4.69) is 0 Å². The third-order valence-corrected chi connectivity index (χ3v) is 1.94. The van der Waals surface area contributed by atoms with E-state index in [1.165, 1.54) is 14.2 Å². The predicted molar refractivity (Wildman–Crippen MR) is 54.1 cm³/mol. The fourth-order valence-electron chi connectivity index (χ4n) is 1.27. The van der Waals surface area contributed by atoms with Gasteiger partial charge in [0.05, 0.1) is 32.3 Å². The lowest BCUT2D eigenvalue weighted by Gasteiger charge is -2.10. The van der Waals surface area contributed by atoms with Crippen LogP contribution in [0.4, 0.5) is 0 Å². The summed E-state index contributed by atoms with van der Waals surface area (Å²) in [7, 11) is 2.96. The highest BCUT2D eigenvalue weighted by atomic mass is 16.5. The van der Waals surface area contributed by atoms with E-state index in [-0.39, 0.29) is 12.2 Å². The van der Waals surface area contributed by atoms with Gasteiger partial charge in [0.1, 0.15) is 0 Å². The Morgan fingerprint density at radius 1 is 1.40 bits per heavy atom. The maximum atomic E-state index is 11.5. The lowest BCUT2D eigenvalue weighted by molar-refractivity contribution is 0.0994. The molecule has 0 saturated heterocycles. The Labute approximate surface area is 88.0 Å².